The maximum atomic E-state index is 11.7. The molecule has 0 saturated carbocycles. The van der Waals surface area contributed by atoms with E-state index in [1.54, 1.807) is 12.1 Å². The van der Waals surface area contributed by atoms with Gasteiger partial charge in [0.1, 0.15) is 5.75 Å². The summed E-state index contributed by atoms with van der Waals surface area (Å²) in [5, 5.41) is 9.24. The molecule has 1 aromatic heterocycles. The zero-order valence-electron chi connectivity index (χ0n) is 9.63. The van der Waals surface area contributed by atoms with Gasteiger partial charge in [0, 0.05) is 0 Å². The SMILES string of the molecule is O=C(OCC(=O)c1ccc(Br)s1)c1cccc(O)c1. The maximum Gasteiger partial charge on any atom is 0.338 e. The topological polar surface area (TPSA) is 63.6 Å². The molecule has 0 aliphatic heterocycles. The quantitative estimate of drug-likeness (QED) is 0.685. The molecule has 0 aliphatic rings. The second kappa shape index (κ2) is 5.99. The number of rotatable bonds is 4. The number of carbonyl (C=O) groups is 2. The van der Waals surface area contributed by atoms with Crippen LogP contribution in [0.4, 0.5) is 0 Å². The molecule has 6 heteroatoms. The Morgan fingerprint density at radius 1 is 1.26 bits per heavy atom. The molecular formula is C13H9BrO4S. The molecule has 4 nitrogen and oxygen atoms in total. The molecule has 98 valence electrons. The van der Waals surface area contributed by atoms with Crippen molar-refractivity contribution in [2.24, 2.45) is 0 Å². The summed E-state index contributed by atoms with van der Waals surface area (Å²) < 4.78 is 5.74. The number of Topliss-reactive ketones (excluding diaryl/α,β-unsaturated/α-hetero) is 1. The number of hydrogen-bond acceptors (Lipinski definition) is 5. The van der Waals surface area contributed by atoms with Crippen LogP contribution in [0, 0.1) is 0 Å². The molecule has 0 fully saturated rings. The predicted molar refractivity (Wildman–Crippen MR) is 74.7 cm³/mol. The number of hydrogen-bond donors (Lipinski definition) is 1. The van der Waals surface area contributed by atoms with Gasteiger partial charge in [0.2, 0.25) is 5.78 Å². The fourth-order valence-electron chi connectivity index (χ4n) is 1.38. The van der Waals surface area contributed by atoms with Gasteiger partial charge in [0.15, 0.2) is 6.61 Å². The Bertz CT molecular complexity index is 621. The van der Waals surface area contributed by atoms with Gasteiger partial charge in [-0.05, 0) is 46.3 Å². The number of esters is 1. The Balaban J connectivity index is 1.95. The van der Waals surface area contributed by atoms with E-state index in [0.717, 1.165) is 3.79 Å². The molecule has 2 rings (SSSR count). The number of thiophene rings is 1. The van der Waals surface area contributed by atoms with E-state index < -0.39 is 5.97 Å². The third-order valence-corrected chi connectivity index (χ3v) is 3.93. The van der Waals surface area contributed by atoms with Crippen LogP contribution in [0.5, 0.6) is 5.75 Å². The average Bonchev–Trinajstić information content (AvgIpc) is 2.82. The van der Waals surface area contributed by atoms with Crippen molar-refractivity contribution < 1.29 is 19.4 Å². The minimum absolute atomic E-state index is 0.0250. The van der Waals surface area contributed by atoms with Crippen LogP contribution in [0.15, 0.2) is 40.2 Å². The molecule has 0 unspecified atom stereocenters. The zero-order valence-corrected chi connectivity index (χ0v) is 12.0. The van der Waals surface area contributed by atoms with Crippen molar-refractivity contribution in [2.75, 3.05) is 6.61 Å². The minimum atomic E-state index is -0.639. The summed E-state index contributed by atoms with van der Waals surface area (Å²) in [6.07, 6.45) is 0. The highest BCUT2D eigenvalue weighted by Crippen LogP contribution is 2.22. The molecule has 0 atom stereocenters. The molecule has 0 bridgehead atoms. The fraction of sp³-hybridized carbons (Fsp3) is 0.0769. The maximum absolute atomic E-state index is 11.7. The molecule has 2 aromatic rings. The van der Waals surface area contributed by atoms with E-state index in [-0.39, 0.29) is 23.7 Å². The van der Waals surface area contributed by atoms with Crippen molar-refractivity contribution in [1.29, 1.82) is 0 Å². The van der Waals surface area contributed by atoms with Gasteiger partial charge in [-0.1, -0.05) is 6.07 Å². The molecule has 1 aromatic carbocycles. The molecule has 0 radical (unpaired) electrons. The van der Waals surface area contributed by atoms with E-state index >= 15 is 0 Å². The monoisotopic (exact) mass is 340 g/mol. The Morgan fingerprint density at radius 2 is 2.05 bits per heavy atom. The normalized spacial score (nSPS) is 10.2. The number of phenolic OH excluding ortho intramolecular Hbond substituents is 1. The lowest BCUT2D eigenvalue weighted by Gasteiger charge is -2.03. The molecule has 0 saturated heterocycles. The van der Waals surface area contributed by atoms with E-state index in [4.69, 9.17) is 4.74 Å². The van der Waals surface area contributed by atoms with Crippen LogP contribution >= 0.6 is 27.3 Å². The predicted octanol–water partition coefficient (Wildman–Crippen LogP) is 3.26. The number of phenols is 1. The fourth-order valence-corrected chi connectivity index (χ4v) is 2.69. The Morgan fingerprint density at radius 3 is 2.68 bits per heavy atom. The summed E-state index contributed by atoms with van der Waals surface area (Å²) in [5.74, 6) is -0.924. The van der Waals surface area contributed by atoms with Crippen molar-refractivity contribution in [1.82, 2.24) is 0 Å². The van der Waals surface area contributed by atoms with Crippen LogP contribution in [0.25, 0.3) is 0 Å². The van der Waals surface area contributed by atoms with E-state index in [9.17, 15) is 14.7 Å². The van der Waals surface area contributed by atoms with Crippen LogP contribution in [0.2, 0.25) is 0 Å². The summed E-state index contributed by atoms with van der Waals surface area (Å²) in [4.78, 5) is 23.9. The van der Waals surface area contributed by atoms with Gasteiger partial charge in [-0.3, -0.25) is 4.79 Å². The zero-order chi connectivity index (χ0) is 13.8. The second-order valence-electron chi connectivity index (χ2n) is 3.65. The van der Waals surface area contributed by atoms with Crippen molar-refractivity contribution in [3.8, 4) is 5.75 Å². The number of benzene rings is 1. The van der Waals surface area contributed by atoms with Crippen molar-refractivity contribution in [3.05, 3.63) is 50.6 Å². The van der Waals surface area contributed by atoms with E-state index in [2.05, 4.69) is 15.9 Å². The summed E-state index contributed by atoms with van der Waals surface area (Å²) in [7, 11) is 0. The third-order valence-electron chi connectivity index (χ3n) is 2.26. The summed E-state index contributed by atoms with van der Waals surface area (Å²) in [6, 6.07) is 9.20. The van der Waals surface area contributed by atoms with Gasteiger partial charge in [0.05, 0.1) is 14.2 Å². The highest BCUT2D eigenvalue weighted by atomic mass is 79.9. The Labute approximate surface area is 121 Å². The highest BCUT2D eigenvalue weighted by molar-refractivity contribution is 9.11. The summed E-state index contributed by atoms with van der Waals surface area (Å²) in [6.45, 7) is -0.318. The van der Waals surface area contributed by atoms with Crippen LogP contribution in [0.3, 0.4) is 0 Å². The standard InChI is InChI=1S/C13H9BrO4S/c14-12-5-4-11(19-12)10(16)7-18-13(17)8-2-1-3-9(15)6-8/h1-6,15H,7H2. The molecule has 0 amide bonds. The summed E-state index contributed by atoms with van der Waals surface area (Å²) in [5.41, 5.74) is 0.208. The first-order chi connectivity index (χ1) is 9.06. The minimum Gasteiger partial charge on any atom is -0.508 e. The van der Waals surface area contributed by atoms with Gasteiger partial charge in [0.25, 0.3) is 0 Å². The number of ketones is 1. The molecule has 1 heterocycles. The lowest BCUT2D eigenvalue weighted by Crippen LogP contribution is -2.13. The Kier molecular flexibility index (Phi) is 4.34. The average molecular weight is 341 g/mol. The Hall–Kier alpha value is -1.66. The van der Waals surface area contributed by atoms with Gasteiger partial charge < -0.3 is 9.84 Å². The lowest BCUT2D eigenvalue weighted by atomic mass is 10.2. The van der Waals surface area contributed by atoms with Crippen LogP contribution in [0.1, 0.15) is 20.0 Å². The van der Waals surface area contributed by atoms with Crippen molar-refractivity contribution >= 4 is 39.0 Å². The van der Waals surface area contributed by atoms with Gasteiger partial charge in [-0.2, -0.15) is 0 Å². The summed E-state index contributed by atoms with van der Waals surface area (Å²) >= 11 is 4.54. The molecule has 0 spiro atoms. The first-order valence-electron chi connectivity index (χ1n) is 5.31. The van der Waals surface area contributed by atoms with Gasteiger partial charge >= 0.3 is 5.97 Å². The van der Waals surface area contributed by atoms with Crippen LogP contribution in [-0.2, 0) is 4.74 Å². The lowest BCUT2D eigenvalue weighted by molar-refractivity contribution is 0.0475. The number of aromatic hydroxyl groups is 1. The van der Waals surface area contributed by atoms with E-state index in [1.165, 1.54) is 35.6 Å². The largest absolute Gasteiger partial charge is 0.508 e. The van der Waals surface area contributed by atoms with Gasteiger partial charge in [-0.25, -0.2) is 4.79 Å². The molecule has 19 heavy (non-hydrogen) atoms. The smallest absolute Gasteiger partial charge is 0.338 e. The van der Waals surface area contributed by atoms with Crippen LogP contribution in [-0.4, -0.2) is 23.5 Å². The first-order valence-corrected chi connectivity index (χ1v) is 6.92. The van der Waals surface area contributed by atoms with E-state index in [0.29, 0.717) is 4.88 Å². The number of ether oxygens (including phenoxy) is 1. The molecule has 0 aliphatic carbocycles. The van der Waals surface area contributed by atoms with Crippen LogP contribution < -0.4 is 0 Å². The first kappa shape index (κ1) is 13.8. The van der Waals surface area contributed by atoms with Gasteiger partial charge in [-0.15, -0.1) is 11.3 Å². The number of halogens is 1. The molecule has 1 N–H and O–H groups in total. The number of carbonyl (C=O) groups excluding carboxylic acids is 2. The second-order valence-corrected chi connectivity index (χ2v) is 6.12. The van der Waals surface area contributed by atoms with E-state index in [1.807, 2.05) is 0 Å². The highest BCUT2D eigenvalue weighted by Gasteiger charge is 2.13. The molecular weight excluding hydrogens is 332 g/mol. The third kappa shape index (κ3) is 3.65. The van der Waals surface area contributed by atoms with Crippen molar-refractivity contribution in [3.63, 3.8) is 0 Å². The van der Waals surface area contributed by atoms with Crippen molar-refractivity contribution in [2.45, 2.75) is 0 Å².